The van der Waals surface area contributed by atoms with Crippen LogP contribution in [0, 0.1) is 0 Å². The van der Waals surface area contributed by atoms with Crippen LogP contribution in [-0.2, 0) is 17.6 Å². The Bertz CT molecular complexity index is 1480. The number of carbonyl (C=O) groups is 1. The van der Waals surface area contributed by atoms with E-state index in [9.17, 15) is 4.79 Å². The van der Waals surface area contributed by atoms with Gasteiger partial charge in [0.1, 0.15) is 16.9 Å². The molecule has 5 aromatic rings. The quantitative estimate of drug-likeness (QED) is 0.226. The predicted octanol–water partition coefficient (Wildman–Crippen LogP) is 6.69. The lowest BCUT2D eigenvalue weighted by molar-refractivity contribution is -0.134. The van der Waals surface area contributed by atoms with Crippen LogP contribution in [0.1, 0.15) is 63.9 Å². The fourth-order valence-corrected chi connectivity index (χ4v) is 4.78. The molecule has 0 aliphatic rings. The van der Waals surface area contributed by atoms with E-state index in [2.05, 4.69) is 53.1 Å². The molecule has 3 aromatic heterocycles. The first-order valence-corrected chi connectivity index (χ1v) is 12.7. The van der Waals surface area contributed by atoms with Gasteiger partial charge in [-0.15, -0.1) is 0 Å². The molecule has 5 rings (SSSR count). The van der Waals surface area contributed by atoms with E-state index < -0.39 is 0 Å². The highest BCUT2D eigenvalue weighted by atomic mass is 16.5. The van der Waals surface area contributed by atoms with Crippen LogP contribution in [0.3, 0.4) is 0 Å². The maximum absolute atomic E-state index is 12.5. The molecule has 0 saturated carbocycles. The Balaban J connectivity index is 1.68. The predicted molar refractivity (Wildman–Crippen MR) is 140 cm³/mol. The number of benzene rings is 2. The smallest absolute Gasteiger partial charge is 0.311 e. The van der Waals surface area contributed by atoms with Crippen LogP contribution in [0.5, 0.6) is 5.75 Å². The highest BCUT2D eigenvalue weighted by molar-refractivity contribution is 6.01. The number of aromatic nitrogens is 4. The zero-order valence-electron chi connectivity index (χ0n) is 20.7. The van der Waals surface area contributed by atoms with Crippen molar-refractivity contribution in [2.75, 3.05) is 0 Å². The SMILES string of the molecule is CCCC(=O)Oc1cn([C@@H](C)CCc2ccccc2)c2nc(CCC)n3c4ccccc4nc3c12. The Morgan fingerprint density at radius 1 is 0.943 bits per heavy atom. The zero-order chi connectivity index (χ0) is 24.4. The number of carbonyl (C=O) groups excluding carboxylic acids is 1. The van der Waals surface area contributed by atoms with Gasteiger partial charge in [-0.3, -0.25) is 9.20 Å². The zero-order valence-corrected chi connectivity index (χ0v) is 20.7. The van der Waals surface area contributed by atoms with Gasteiger partial charge in [0, 0.05) is 25.1 Å². The second-order valence-electron chi connectivity index (χ2n) is 9.23. The summed E-state index contributed by atoms with van der Waals surface area (Å²) in [5, 5.41) is 0.803. The van der Waals surface area contributed by atoms with Gasteiger partial charge in [0.2, 0.25) is 0 Å². The Kier molecular flexibility index (Phi) is 6.53. The molecule has 0 radical (unpaired) electrons. The van der Waals surface area contributed by atoms with Crippen LogP contribution in [0.15, 0.2) is 60.8 Å². The summed E-state index contributed by atoms with van der Waals surface area (Å²) in [5.41, 5.74) is 4.88. The number of esters is 1. The van der Waals surface area contributed by atoms with Crippen LogP contribution >= 0.6 is 0 Å². The summed E-state index contributed by atoms with van der Waals surface area (Å²) in [4.78, 5) is 22.7. The van der Waals surface area contributed by atoms with E-state index in [4.69, 9.17) is 14.7 Å². The van der Waals surface area contributed by atoms with Crippen LogP contribution in [0.4, 0.5) is 0 Å². The number of imidazole rings is 1. The van der Waals surface area contributed by atoms with Gasteiger partial charge in [-0.25, -0.2) is 9.97 Å². The summed E-state index contributed by atoms with van der Waals surface area (Å²) in [6.45, 7) is 6.35. The molecule has 6 nitrogen and oxygen atoms in total. The van der Waals surface area contributed by atoms with Gasteiger partial charge < -0.3 is 9.30 Å². The number of rotatable bonds is 9. The van der Waals surface area contributed by atoms with Crippen LogP contribution in [0.2, 0.25) is 0 Å². The lowest BCUT2D eigenvalue weighted by atomic mass is 10.1. The minimum atomic E-state index is -0.226. The van der Waals surface area contributed by atoms with E-state index in [0.29, 0.717) is 12.2 Å². The van der Waals surface area contributed by atoms with E-state index in [1.54, 1.807) is 0 Å². The maximum Gasteiger partial charge on any atom is 0.311 e. The fourth-order valence-electron chi connectivity index (χ4n) is 4.78. The first kappa shape index (κ1) is 23.1. The summed E-state index contributed by atoms with van der Waals surface area (Å²) in [5.74, 6) is 1.29. The molecule has 0 bridgehead atoms. The largest absolute Gasteiger partial charge is 0.424 e. The minimum Gasteiger partial charge on any atom is -0.424 e. The minimum absolute atomic E-state index is 0.171. The van der Waals surface area contributed by atoms with Crippen molar-refractivity contribution in [1.29, 1.82) is 0 Å². The molecule has 35 heavy (non-hydrogen) atoms. The number of hydrogen-bond acceptors (Lipinski definition) is 4. The van der Waals surface area contributed by atoms with Crippen molar-refractivity contribution in [3.05, 3.63) is 72.2 Å². The number of para-hydroxylation sites is 2. The van der Waals surface area contributed by atoms with Gasteiger partial charge in [0.15, 0.2) is 11.4 Å². The van der Waals surface area contributed by atoms with Crippen molar-refractivity contribution in [1.82, 2.24) is 18.9 Å². The Labute approximate surface area is 205 Å². The van der Waals surface area contributed by atoms with Gasteiger partial charge in [-0.1, -0.05) is 56.3 Å². The molecular weight excluding hydrogens is 436 g/mol. The third-order valence-corrected chi connectivity index (χ3v) is 6.57. The van der Waals surface area contributed by atoms with Gasteiger partial charge in [-0.05, 0) is 50.3 Å². The van der Waals surface area contributed by atoms with Crippen LogP contribution in [-0.4, -0.2) is 24.9 Å². The topological polar surface area (TPSA) is 61.4 Å². The van der Waals surface area contributed by atoms with E-state index >= 15 is 0 Å². The first-order valence-electron chi connectivity index (χ1n) is 12.7. The van der Waals surface area contributed by atoms with Crippen molar-refractivity contribution < 1.29 is 9.53 Å². The average Bonchev–Trinajstić information content (AvgIpc) is 3.42. The summed E-state index contributed by atoms with van der Waals surface area (Å²) in [7, 11) is 0. The average molecular weight is 469 g/mol. The standard InChI is InChI=1S/C29H32N4O2/c1-4-11-25-31-28-27(29-30-22-15-9-10-16-23(22)33(25)29)24(35-26(34)12-5-2)19-32(28)20(3)17-18-21-13-7-6-8-14-21/h6-10,13-16,19-20H,4-5,11-12,17-18H2,1-3H3/t20-/m0/s1. The molecular formula is C29H32N4O2. The molecule has 0 aliphatic heterocycles. The fraction of sp³-hybridized carbons (Fsp3) is 0.345. The number of nitrogens with zero attached hydrogens (tertiary/aromatic N) is 4. The lowest BCUT2D eigenvalue weighted by Crippen LogP contribution is -2.08. The van der Waals surface area contributed by atoms with Gasteiger partial charge in [0.05, 0.1) is 11.0 Å². The number of hydrogen-bond donors (Lipinski definition) is 0. The molecule has 0 amide bonds. The normalized spacial score (nSPS) is 12.5. The monoisotopic (exact) mass is 468 g/mol. The second kappa shape index (κ2) is 9.90. The van der Waals surface area contributed by atoms with E-state index in [1.165, 1.54) is 5.56 Å². The van der Waals surface area contributed by atoms with Crippen LogP contribution in [0.25, 0.3) is 27.7 Å². The Morgan fingerprint density at radius 3 is 2.49 bits per heavy atom. The Hall–Kier alpha value is -3.67. The first-order chi connectivity index (χ1) is 17.1. The molecule has 6 heteroatoms. The molecule has 0 saturated heterocycles. The second-order valence-corrected chi connectivity index (χ2v) is 9.23. The highest BCUT2D eigenvalue weighted by Gasteiger charge is 2.24. The lowest BCUT2D eigenvalue weighted by Gasteiger charge is -2.15. The van der Waals surface area contributed by atoms with Crippen molar-refractivity contribution in [2.45, 2.75) is 65.3 Å². The van der Waals surface area contributed by atoms with E-state index in [1.807, 2.05) is 37.4 Å². The van der Waals surface area contributed by atoms with Crippen LogP contribution < -0.4 is 4.74 Å². The van der Waals surface area contributed by atoms with Crippen molar-refractivity contribution >= 4 is 33.7 Å². The third-order valence-electron chi connectivity index (χ3n) is 6.57. The third kappa shape index (κ3) is 4.41. The molecule has 0 fully saturated rings. The summed E-state index contributed by atoms with van der Waals surface area (Å²) >= 11 is 0. The molecule has 0 N–H and O–H groups in total. The summed E-state index contributed by atoms with van der Waals surface area (Å²) < 4.78 is 10.2. The number of fused-ring (bicyclic) bond motifs is 5. The number of ether oxygens (including phenoxy) is 1. The van der Waals surface area contributed by atoms with Gasteiger partial charge >= 0.3 is 5.97 Å². The maximum atomic E-state index is 12.5. The van der Waals surface area contributed by atoms with Crippen molar-refractivity contribution in [3.8, 4) is 5.75 Å². The van der Waals surface area contributed by atoms with E-state index in [0.717, 1.165) is 65.6 Å². The van der Waals surface area contributed by atoms with E-state index in [-0.39, 0.29) is 12.0 Å². The molecule has 0 unspecified atom stereocenters. The Morgan fingerprint density at radius 2 is 1.71 bits per heavy atom. The van der Waals surface area contributed by atoms with Gasteiger partial charge in [-0.2, -0.15) is 0 Å². The summed E-state index contributed by atoms with van der Waals surface area (Å²) in [6, 6.07) is 18.8. The van der Waals surface area contributed by atoms with Crippen molar-refractivity contribution in [3.63, 3.8) is 0 Å². The molecule has 1 atom stereocenters. The summed E-state index contributed by atoms with van der Waals surface area (Å²) in [6.07, 6.45) is 6.79. The molecule has 2 aromatic carbocycles. The highest BCUT2D eigenvalue weighted by Crippen LogP contribution is 2.36. The molecule has 3 heterocycles. The number of aryl methyl sites for hydroxylation is 2. The molecule has 180 valence electrons. The molecule has 0 aliphatic carbocycles. The van der Waals surface area contributed by atoms with Gasteiger partial charge in [0.25, 0.3) is 0 Å². The van der Waals surface area contributed by atoms with Crippen molar-refractivity contribution in [2.24, 2.45) is 0 Å². The molecule has 0 spiro atoms.